The average Bonchev–Trinajstić information content (AvgIpc) is 2.36. The summed E-state index contributed by atoms with van der Waals surface area (Å²) >= 11 is 0. The number of benzene rings is 1. The van der Waals surface area contributed by atoms with Gasteiger partial charge in [0.1, 0.15) is 5.75 Å². The van der Waals surface area contributed by atoms with Crippen molar-refractivity contribution in [3.05, 3.63) is 29.8 Å². The Hall–Kier alpha value is -1.51. The summed E-state index contributed by atoms with van der Waals surface area (Å²) in [7, 11) is 1.64. The molecule has 17 heavy (non-hydrogen) atoms. The van der Waals surface area contributed by atoms with Crippen LogP contribution < -0.4 is 10.1 Å². The Bertz CT molecular complexity index is 363. The number of amides is 1. The molecule has 0 aliphatic carbocycles. The lowest BCUT2D eigenvalue weighted by atomic mass is 10.0. The number of hydrogen-bond donors (Lipinski definition) is 1. The van der Waals surface area contributed by atoms with Crippen molar-refractivity contribution < 1.29 is 9.53 Å². The van der Waals surface area contributed by atoms with Gasteiger partial charge in [-0.05, 0) is 12.0 Å². The highest BCUT2D eigenvalue weighted by Crippen LogP contribution is 2.16. The molecule has 1 aromatic rings. The third-order valence-corrected chi connectivity index (χ3v) is 2.90. The van der Waals surface area contributed by atoms with Crippen LogP contribution in [0, 0.1) is 5.92 Å². The van der Waals surface area contributed by atoms with Gasteiger partial charge in [-0.25, -0.2) is 0 Å². The van der Waals surface area contributed by atoms with Crippen LogP contribution in [0.5, 0.6) is 5.75 Å². The second-order valence-corrected chi connectivity index (χ2v) is 4.31. The molecule has 94 valence electrons. The van der Waals surface area contributed by atoms with E-state index >= 15 is 0 Å². The summed E-state index contributed by atoms with van der Waals surface area (Å²) < 4.78 is 5.23. The van der Waals surface area contributed by atoms with Gasteiger partial charge in [-0.3, -0.25) is 4.79 Å². The van der Waals surface area contributed by atoms with Crippen molar-refractivity contribution in [2.24, 2.45) is 5.92 Å². The Morgan fingerprint density at radius 2 is 2.12 bits per heavy atom. The molecule has 3 heteroatoms. The van der Waals surface area contributed by atoms with E-state index in [0.717, 1.165) is 17.7 Å². The Balaban J connectivity index is 2.47. The Kier molecular flexibility index (Phi) is 5.53. The van der Waals surface area contributed by atoms with Gasteiger partial charge in [0.25, 0.3) is 0 Å². The SMILES string of the molecule is CC[C@H](C)CC(=O)NCc1ccccc1OC. The van der Waals surface area contributed by atoms with E-state index in [4.69, 9.17) is 4.74 Å². The van der Waals surface area contributed by atoms with Crippen LogP contribution in [0.1, 0.15) is 32.3 Å². The molecular formula is C14H21NO2. The Morgan fingerprint density at radius 3 is 2.76 bits per heavy atom. The van der Waals surface area contributed by atoms with Crippen LogP contribution in [0.3, 0.4) is 0 Å². The van der Waals surface area contributed by atoms with Crippen molar-refractivity contribution in [2.75, 3.05) is 7.11 Å². The van der Waals surface area contributed by atoms with Crippen molar-refractivity contribution in [3.63, 3.8) is 0 Å². The van der Waals surface area contributed by atoms with E-state index in [1.165, 1.54) is 0 Å². The fraction of sp³-hybridized carbons (Fsp3) is 0.500. The molecule has 0 saturated heterocycles. The van der Waals surface area contributed by atoms with Gasteiger partial charge in [0.15, 0.2) is 0 Å². The minimum absolute atomic E-state index is 0.102. The number of ether oxygens (including phenoxy) is 1. The zero-order valence-electron chi connectivity index (χ0n) is 10.8. The van der Waals surface area contributed by atoms with Crippen molar-refractivity contribution >= 4 is 5.91 Å². The van der Waals surface area contributed by atoms with Crippen LogP contribution >= 0.6 is 0 Å². The Morgan fingerprint density at radius 1 is 1.41 bits per heavy atom. The first-order valence-electron chi connectivity index (χ1n) is 6.06. The molecule has 0 spiro atoms. The zero-order valence-corrected chi connectivity index (χ0v) is 10.8. The number of hydrogen-bond acceptors (Lipinski definition) is 2. The second kappa shape index (κ2) is 6.94. The quantitative estimate of drug-likeness (QED) is 0.823. The maximum absolute atomic E-state index is 11.6. The first kappa shape index (κ1) is 13.6. The van der Waals surface area contributed by atoms with Gasteiger partial charge in [-0.15, -0.1) is 0 Å². The molecule has 0 fully saturated rings. The van der Waals surface area contributed by atoms with Crippen LogP contribution in [-0.4, -0.2) is 13.0 Å². The molecule has 0 aliphatic heterocycles. The van der Waals surface area contributed by atoms with Crippen molar-refractivity contribution in [2.45, 2.75) is 33.2 Å². The van der Waals surface area contributed by atoms with Crippen LogP contribution in [0.4, 0.5) is 0 Å². The first-order chi connectivity index (χ1) is 8.17. The van der Waals surface area contributed by atoms with Crippen LogP contribution in [0.15, 0.2) is 24.3 Å². The molecule has 0 aromatic heterocycles. The summed E-state index contributed by atoms with van der Waals surface area (Å²) in [6.45, 7) is 4.71. The molecule has 1 N–H and O–H groups in total. The van der Waals surface area contributed by atoms with Crippen molar-refractivity contribution in [3.8, 4) is 5.75 Å². The Labute approximate surface area is 103 Å². The van der Waals surface area contributed by atoms with Gasteiger partial charge < -0.3 is 10.1 Å². The summed E-state index contributed by atoms with van der Waals surface area (Å²) in [5, 5.41) is 2.92. The molecule has 0 radical (unpaired) electrons. The molecule has 0 aliphatic rings. The van der Waals surface area contributed by atoms with Crippen LogP contribution in [0.2, 0.25) is 0 Å². The minimum atomic E-state index is 0.102. The van der Waals surface area contributed by atoms with E-state index in [1.54, 1.807) is 7.11 Å². The van der Waals surface area contributed by atoms with E-state index in [1.807, 2.05) is 24.3 Å². The van der Waals surface area contributed by atoms with E-state index in [0.29, 0.717) is 18.9 Å². The highest BCUT2D eigenvalue weighted by molar-refractivity contribution is 5.76. The standard InChI is InChI=1S/C14H21NO2/c1-4-11(2)9-14(16)15-10-12-7-5-6-8-13(12)17-3/h5-8,11H,4,9-10H2,1-3H3,(H,15,16)/t11-/m0/s1. The first-order valence-corrected chi connectivity index (χ1v) is 6.06. The van der Waals surface area contributed by atoms with Gasteiger partial charge in [-0.1, -0.05) is 38.5 Å². The number of carbonyl (C=O) groups excluding carboxylic acids is 1. The van der Waals surface area contributed by atoms with Crippen molar-refractivity contribution in [1.29, 1.82) is 0 Å². The largest absolute Gasteiger partial charge is 0.496 e. The maximum atomic E-state index is 11.6. The summed E-state index contributed by atoms with van der Waals surface area (Å²) in [4.78, 5) is 11.6. The number of nitrogens with one attached hydrogen (secondary N) is 1. The van der Waals surface area contributed by atoms with E-state index in [-0.39, 0.29) is 5.91 Å². The molecule has 3 nitrogen and oxygen atoms in total. The number of methoxy groups -OCH3 is 1. The zero-order chi connectivity index (χ0) is 12.7. The summed E-state index contributed by atoms with van der Waals surface area (Å²) in [5.74, 6) is 1.36. The predicted molar refractivity (Wildman–Crippen MR) is 68.9 cm³/mol. The molecule has 0 saturated carbocycles. The molecule has 1 aromatic carbocycles. The lowest BCUT2D eigenvalue weighted by Gasteiger charge is -2.11. The lowest BCUT2D eigenvalue weighted by molar-refractivity contribution is -0.122. The number of carbonyl (C=O) groups is 1. The molecule has 0 heterocycles. The lowest BCUT2D eigenvalue weighted by Crippen LogP contribution is -2.24. The van der Waals surface area contributed by atoms with Crippen LogP contribution in [0.25, 0.3) is 0 Å². The average molecular weight is 235 g/mol. The van der Waals surface area contributed by atoms with Gasteiger partial charge >= 0.3 is 0 Å². The van der Waals surface area contributed by atoms with Crippen LogP contribution in [-0.2, 0) is 11.3 Å². The summed E-state index contributed by atoms with van der Waals surface area (Å²) in [5.41, 5.74) is 1.01. The molecule has 1 rings (SSSR count). The van der Waals surface area contributed by atoms with Gasteiger partial charge in [-0.2, -0.15) is 0 Å². The van der Waals surface area contributed by atoms with Gasteiger partial charge in [0, 0.05) is 18.5 Å². The fourth-order valence-corrected chi connectivity index (χ4v) is 1.58. The third kappa shape index (κ3) is 4.47. The third-order valence-electron chi connectivity index (χ3n) is 2.90. The smallest absolute Gasteiger partial charge is 0.220 e. The highest BCUT2D eigenvalue weighted by atomic mass is 16.5. The van der Waals surface area contributed by atoms with Crippen molar-refractivity contribution in [1.82, 2.24) is 5.32 Å². The molecule has 0 bridgehead atoms. The van der Waals surface area contributed by atoms with E-state index < -0.39 is 0 Å². The monoisotopic (exact) mass is 235 g/mol. The maximum Gasteiger partial charge on any atom is 0.220 e. The molecule has 0 unspecified atom stereocenters. The highest BCUT2D eigenvalue weighted by Gasteiger charge is 2.08. The van der Waals surface area contributed by atoms with Gasteiger partial charge in [0.05, 0.1) is 7.11 Å². The predicted octanol–water partition coefficient (Wildman–Crippen LogP) is 2.75. The number of rotatable bonds is 6. The minimum Gasteiger partial charge on any atom is -0.496 e. The fourth-order valence-electron chi connectivity index (χ4n) is 1.58. The molecule has 1 atom stereocenters. The summed E-state index contributed by atoms with van der Waals surface area (Å²) in [6, 6.07) is 7.72. The summed E-state index contributed by atoms with van der Waals surface area (Å²) in [6.07, 6.45) is 1.62. The van der Waals surface area contributed by atoms with E-state index in [2.05, 4.69) is 19.2 Å². The molecule has 1 amide bonds. The van der Waals surface area contributed by atoms with Gasteiger partial charge in [0.2, 0.25) is 5.91 Å². The normalized spacial score (nSPS) is 11.9. The van der Waals surface area contributed by atoms with E-state index in [9.17, 15) is 4.79 Å². The second-order valence-electron chi connectivity index (χ2n) is 4.31. The number of para-hydroxylation sites is 1. The topological polar surface area (TPSA) is 38.3 Å². The molecular weight excluding hydrogens is 214 g/mol.